The number of hydrogen-bond acceptors (Lipinski definition) is 3. The zero-order chi connectivity index (χ0) is 13.3. The molecular weight excluding hydrogens is 245 g/mol. The van der Waals surface area contributed by atoms with Gasteiger partial charge in [0, 0.05) is 18.4 Å². The minimum atomic E-state index is -4.41. The van der Waals surface area contributed by atoms with Crippen molar-refractivity contribution in [3.8, 4) is 5.82 Å². The number of hydrogen-bond donors (Lipinski definition) is 1. The minimum Gasteiger partial charge on any atom is -0.324 e. The molecule has 0 aliphatic rings. The minimum absolute atomic E-state index is 0.218. The van der Waals surface area contributed by atoms with E-state index in [0.717, 1.165) is 22.6 Å². The van der Waals surface area contributed by atoms with Crippen LogP contribution in [0.15, 0.2) is 30.7 Å². The lowest BCUT2D eigenvalue weighted by atomic mass is 10.1. The van der Waals surface area contributed by atoms with Gasteiger partial charge in [-0.1, -0.05) is 0 Å². The zero-order valence-corrected chi connectivity index (χ0v) is 9.52. The molecule has 0 aliphatic heterocycles. The van der Waals surface area contributed by atoms with Crippen LogP contribution in [0.2, 0.25) is 0 Å². The Bertz CT molecular complexity index is 545. The Balaban J connectivity index is 2.37. The molecule has 0 saturated heterocycles. The molecule has 4 nitrogen and oxygen atoms in total. The SMILES string of the molecule is C[C@@H](N)c1ccnc(-n2cc(C(F)(F)F)cn2)c1. The van der Waals surface area contributed by atoms with Gasteiger partial charge in [-0.25, -0.2) is 9.67 Å². The number of nitrogens with two attached hydrogens (primary N) is 1. The van der Waals surface area contributed by atoms with Crippen LogP contribution in [-0.2, 0) is 6.18 Å². The maximum absolute atomic E-state index is 12.4. The van der Waals surface area contributed by atoms with E-state index in [-0.39, 0.29) is 6.04 Å². The van der Waals surface area contributed by atoms with Gasteiger partial charge in [0.05, 0.1) is 11.8 Å². The second kappa shape index (κ2) is 4.41. The second-order valence-corrected chi connectivity index (χ2v) is 3.91. The highest BCUT2D eigenvalue weighted by Gasteiger charge is 2.32. The van der Waals surface area contributed by atoms with Crippen LogP contribution in [0, 0.1) is 0 Å². The quantitative estimate of drug-likeness (QED) is 0.897. The lowest BCUT2D eigenvalue weighted by molar-refractivity contribution is -0.137. The summed E-state index contributed by atoms with van der Waals surface area (Å²) in [4.78, 5) is 3.96. The van der Waals surface area contributed by atoms with Crippen LogP contribution in [0.25, 0.3) is 5.82 Å². The van der Waals surface area contributed by atoms with Crippen molar-refractivity contribution in [2.24, 2.45) is 5.73 Å². The molecule has 0 saturated carbocycles. The third-order valence-electron chi connectivity index (χ3n) is 2.44. The Morgan fingerprint density at radius 2 is 2.11 bits per heavy atom. The predicted octanol–water partition coefficient (Wildman–Crippen LogP) is 2.31. The average Bonchev–Trinajstić information content (AvgIpc) is 2.78. The Labute approximate surface area is 101 Å². The Morgan fingerprint density at radius 1 is 1.39 bits per heavy atom. The summed E-state index contributed by atoms with van der Waals surface area (Å²) >= 11 is 0. The number of rotatable bonds is 2. The molecule has 96 valence electrons. The Kier molecular flexibility index (Phi) is 3.08. The summed E-state index contributed by atoms with van der Waals surface area (Å²) in [5.41, 5.74) is 5.67. The van der Waals surface area contributed by atoms with E-state index in [4.69, 9.17) is 5.73 Å². The molecule has 18 heavy (non-hydrogen) atoms. The van der Waals surface area contributed by atoms with E-state index in [2.05, 4.69) is 10.1 Å². The van der Waals surface area contributed by atoms with E-state index in [1.54, 1.807) is 19.1 Å². The number of aromatic nitrogens is 3. The fourth-order valence-electron chi connectivity index (χ4n) is 1.44. The molecule has 0 aromatic carbocycles. The predicted molar refractivity (Wildman–Crippen MR) is 59.0 cm³/mol. The number of alkyl halides is 3. The highest BCUT2D eigenvalue weighted by Crippen LogP contribution is 2.29. The van der Waals surface area contributed by atoms with Gasteiger partial charge in [0.2, 0.25) is 0 Å². The van der Waals surface area contributed by atoms with E-state index < -0.39 is 11.7 Å². The van der Waals surface area contributed by atoms with Gasteiger partial charge in [-0.15, -0.1) is 0 Å². The summed E-state index contributed by atoms with van der Waals surface area (Å²) in [7, 11) is 0. The van der Waals surface area contributed by atoms with Crippen LogP contribution in [0.5, 0.6) is 0 Å². The molecule has 0 fully saturated rings. The molecule has 0 radical (unpaired) electrons. The smallest absolute Gasteiger partial charge is 0.324 e. The summed E-state index contributed by atoms with van der Waals surface area (Å²) in [6.07, 6.45) is -1.26. The molecule has 7 heteroatoms. The van der Waals surface area contributed by atoms with E-state index in [0.29, 0.717) is 5.82 Å². The normalized spacial score (nSPS) is 13.6. The first-order valence-corrected chi connectivity index (χ1v) is 5.21. The second-order valence-electron chi connectivity index (χ2n) is 3.91. The van der Waals surface area contributed by atoms with Gasteiger partial charge in [-0.3, -0.25) is 0 Å². The van der Waals surface area contributed by atoms with Crippen LogP contribution in [0.4, 0.5) is 13.2 Å². The number of nitrogens with zero attached hydrogens (tertiary/aromatic N) is 3. The van der Waals surface area contributed by atoms with E-state index in [1.165, 1.54) is 6.20 Å². The molecule has 0 aliphatic carbocycles. The van der Waals surface area contributed by atoms with Crippen LogP contribution in [-0.4, -0.2) is 14.8 Å². The molecule has 2 heterocycles. The maximum atomic E-state index is 12.4. The van der Waals surface area contributed by atoms with Gasteiger partial charge in [0.25, 0.3) is 0 Å². The molecule has 0 spiro atoms. The maximum Gasteiger partial charge on any atom is 0.419 e. The highest BCUT2D eigenvalue weighted by molar-refractivity contribution is 5.29. The topological polar surface area (TPSA) is 56.7 Å². The van der Waals surface area contributed by atoms with Gasteiger partial charge in [-0.05, 0) is 24.6 Å². The molecule has 0 bridgehead atoms. The van der Waals surface area contributed by atoms with Crippen molar-refractivity contribution in [1.82, 2.24) is 14.8 Å². The average molecular weight is 256 g/mol. The van der Waals surface area contributed by atoms with Crippen molar-refractivity contribution in [2.45, 2.75) is 19.1 Å². The molecule has 2 N–H and O–H groups in total. The first-order valence-electron chi connectivity index (χ1n) is 5.21. The molecule has 2 aromatic rings. The fraction of sp³-hybridized carbons (Fsp3) is 0.273. The molecule has 2 aromatic heterocycles. The van der Waals surface area contributed by atoms with Crippen molar-refractivity contribution in [3.63, 3.8) is 0 Å². The first kappa shape index (κ1) is 12.6. The summed E-state index contributed by atoms with van der Waals surface area (Å²) in [5, 5.41) is 3.65. The molecular formula is C11H11F3N4. The Morgan fingerprint density at radius 3 is 2.67 bits per heavy atom. The van der Waals surface area contributed by atoms with Crippen molar-refractivity contribution in [3.05, 3.63) is 41.9 Å². The summed E-state index contributed by atoms with van der Waals surface area (Å²) in [5.74, 6) is 0.306. The number of pyridine rings is 1. The van der Waals surface area contributed by atoms with Gasteiger partial charge < -0.3 is 5.73 Å². The van der Waals surface area contributed by atoms with Crippen molar-refractivity contribution < 1.29 is 13.2 Å². The lowest BCUT2D eigenvalue weighted by Gasteiger charge is -2.07. The van der Waals surface area contributed by atoms with Gasteiger partial charge in [-0.2, -0.15) is 18.3 Å². The third kappa shape index (κ3) is 2.51. The summed E-state index contributed by atoms with van der Waals surface area (Å²) in [6.45, 7) is 1.78. The summed E-state index contributed by atoms with van der Waals surface area (Å²) < 4.78 is 38.4. The zero-order valence-electron chi connectivity index (χ0n) is 9.52. The van der Waals surface area contributed by atoms with E-state index in [9.17, 15) is 13.2 Å². The van der Waals surface area contributed by atoms with Crippen molar-refractivity contribution in [2.75, 3.05) is 0 Å². The fourth-order valence-corrected chi connectivity index (χ4v) is 1.44. The van der Waals surface area contributed by atoms with Crippen molar-refractivity contribution >= 4 is 0 Å². The van der Waals surface area contributed by atoms with Crippen molar-refractivity contribution in [1.29, 1.82) is 0 Å². The highest BCUT2D eigenvalue weighted by atomic mass is 19.4. The van der Waals surface area contributed by atoms with E-state index in [1.807, 2.05) is 0 Å². The van der Waals surface area contributed by atoms with E-state index >= 15 is 0 Å². The van der Waals surface area contributed by atoms with Crippen LogP contribution in [0.1, 0.15) is 24.1 Å². The molecule has 0 amide bonds. The molecule has 2 rings (SSSR count). The lowest BCUT2D eigenvalue weighted by Crippen LogP contribution is -2.07. The van der Waals surface area contributed by atoms with Crippen LogP contribution >= 0.6 is 0 Å². The third-order valence-corrected chi connectivity index (χ3v) is 2.44. The monoisotopic (exact) mass is 256 g/mol. The number of halogens is 3. The first-order chi connectivity index (χ1) is 8.38. The standard InChI is InChI=1S/C11H11F3N4/c1-7(15)8-2-3-16-10(4-8)18-6-9(5-17-18)11(12,13)14/h2-7H,15H2,1H3/t7-/m1/s1. The largest absolute Gasteiger partial charge is 0.419 e. The molecule has 0 unspecified atom stereocenters. The Hall–Kier alpha value is -1.89. The van der Waals surface area contributed by atoms with Crippen LogP contribution in [0.3, 0.4) is 0 Å². The van der Waals surface area contributed by atoms with Gasteiger partial charge in [0.1, 0.15) is 0 Å². The van der Waals surface area contributed by atoms with Gasteiger partial charge >= 0.3 is 6.18 Å². The molecule has 1 atom stereocenters. The summed E-state index contributed by atoms with van der Waals surface area (Å²) in [6, 6.07) is 3.10. The van der Waals surface area contributed by atoms with Crippen LogP contribution < -0.4 is 5.73 Å². The van der Waals surface area contributed by atoms with Gasteiger partial charge in [0.15, 0.2) is 5.82 Å².